The van der Waals surface area contributed by atoms with Crippen molar-refractivity contribution in [1.82, 2.24) is 19.7 Å². The number of nitrogens with zero attached hydrogens (tertiary/aromatic N) is 6. The van der Waals surface area contributed by atoms with Gasteiger partial charge in [-0.1, -0.05) is 6.07 Å². The number of rotatable bonds is 6. The van der Waals surface area contributed by atoms with Crippen LogP contribution in [-0.4, -0.2) is 50.8 Å². The molecule has 2 aromatic rings. The third-order valence-corrected chi connectivity index (χ3v) is 5.79. The van der Waals surface area contributed by atoms with Crippen LogP contribution in [0.2, 0.25) is 0 Å². The van der Waals surface area contributed by atoms with E-state index in [2.05, 4.69) is 24.6 Å². The fourth-order valence-corrected chi connectivity index (χ4v) is 3.96. The first-order chi connectivity index (χ1) is 13.2. The number of hydrogen-bond donors (Lipinski definition) is 0. The Bertz CT molecular complexity index is 850. The number of aromatic nitrogens is 3. The Morgan fingerprint density at radius 2 is 1.85 bits per heavy atom. The summed E-state index contributed by atoms with van der Waals surface area (Å²) in [5, 5.41) is 20.0. The molecule has 1 aliphatic heterocycles. The maximum atomic E-state index is 11.0. The van der Waals surface area contributed by atoms with Crippen LogP contribution < -0.4 is 4.90 Å². The molecule has 2 aliphatic carbocycles. The van der Waals surface area contributed by atoms with Crippen LogP contribution in [0.25, 0.3) is 0 Å². The van der Waals surface area contributed by atoms with Crippen molar-refractivity contribution < 1.29 is 4.92 Å². The molecule has 2 heterocycles. The van der Waals surface area contributed by atoms with Gasteiger partial charge in [0.2, 0.25) is 0 Å². The highest BCUT2D eigenvalue weighted by atomic mass is 16.6. The molecule has 0 unspecified atom stereocenters. The van der Waals surface area contributed by atoms with E-state index in [9.17, 15) is 10.1 Å². The van der Waals surface area contributed by atoms with Crippen LogP contribution in [0.3, 0.4) is 0 Å². The first-order valence-corrected chi connectivity index (χ1v) is 9.84. The number of piperazine rings is 1. The summed E-state index contributed by atoms with van der Waals surface area (Å²) in [6.45, 7) is 4.44. The van der Waals surface area contributed by atoms with Gasteiger partial charge in [0.25, 0.3) is 5.69 Å². The Balaban J connectivity index is 1.24. The molecule has 1 saturated heterocycles. The van der Waals surface area contributed by atoms with Crippen molar-refractivity contribution in [3.05, 3.63) is 46.0 Å². The Labute approximate surface area is 157 Å². The normalized spacial score (nSPS) is 20.8. The Morgan fingerprint density at radius 1 is 1.07 bits per heavy atom. The van der Waals surface area contributed by atoms with Crippen LogP contribution >= 0.6 is 0 Å². The number of nitro benzene ring substituents is 1. The zero-order chi connectivity index (χ0) is 18.4. The van der Waals surface area contributed by atoms with E-state index in [-0.39, 0.29) is 10.6 Å². The second-order valence-corrected chi connectivity index (χ2v) is 7.89. The predicted octanol–water partition coefficient (Wildman–Crippen LogP) is 2.72. The molecule has 8 heteroatoms. The van der Waals surface area contributed by atoms with Crippen LogP contribution in [0.15, 0.2) is 24.3 Å². The molecule has 0 atom stereocenters. The van der Waals surface area contributed by atoms with E-state index in [1.54, 1.807) is 18.2 Å². The largest absolute Gasteiger partial charge is 0.369 e. The van der Waals surface area contributed by atoms with Gasteiger partial charge in [-0.15, -0.1) is 10.2 Å². The molecule has 27 heavy (non-hydrogen) atoms. The number of nitro groups is 1. The first-order valence-electron chi connectivity index (χ1n) is 9.84. The Hall–Kier alpha value is -2.48. The lowest BCUT2D eigenvalue weighted by Crippen LogP contribution is -2.46. The SMILES string of the molecule is O=[N+]([O-])c1cccc(N2CCN(Cc3nnc(C4CC4)n3C3CC3)CC2)c1. The average molecular weight is 368 g/mol. The molecule has 0 spiro atoms. The molecular weight excluding hydrogens is 344 g/mol. The van der Waals surface area contributed by atoms with Gasteiger partial charge in [-0.3, -0.25) is 15.0 Å². The smallest absolute Gasteiger partial charge is 0.271 e. The summed E-state index contributed by atoms with van der Waals surface area (Å²) in [5.74, 6) is 2.96. The number of hydrogen-bond acceptors (Lipinski definition) is 6. The fraction of sp³-hybridized carbons (Fsp3) is 0.579. The summed E-state index contributed by atoms with van der Waals surface area (Å²) in [7, 11) is 0. The number of non-ortho nitro benzene ring substituents is 1. The molecule has 2 saturated carbocycles. The van der Waals surface area contributed by atoms with E-state index in [0.717, 1.165) is 44.2 Å². The number of anilines is 1. The lowest BCUT2D eigenvalue weighted by Gasteiger charge is -2.35. The maximum Gasteiger partial charge on any atom is 0.271 e. The molecule has 142 valence electrons. The molecule has 0 N–H and O–H groups in total. The first kappa shape index (κ1) is 16.7. The van der Waals surface area contributed by atoms with E-state index in [0.29, 0.717) is 12.0 Å². The van der Waals surface area contributed by atoms with Gasteiger partial charge < -0.3 is 9.47 Å². The lowest BCUT2D eigenvalue weighted by atomic mass is 10.2. The van der Waals surface area contributed by atoms with Crippen molar-refractivity contribution in [2.24, 2.45) is 0 Å². The quantitative estimate of drug-likeness (QED) is 0.576. The highest BCUT2D eigenvalue weighted by molar-refractivity contribution is 5.53. The molecule has 0 amide bonds. The lowest BCUT2D eigenvalue weighted by molar-refractivity contribution is -0.384. The van der Waals surface area contributed by atoms with Crippen molar-refractivity contribution in [1.29, 1.82) is 0 Å². The summed E-state index contributed by atoms with van der Waals surface area (Å²) in [4.78, 5) is 15.3. The summed E-state index contributed by atoms with van der Waals surface area (Å²) < 4.78 is 2.42. The number of benzene rings is 1. The second-order valence-electron chi connectivity index (χ2n) is 7.89. The van der Waals surface area contributed by atoms with Crippen LogP contribution in [0.1, 0.15) is 49.3 Å². The molecule has 1 aromatic heterocycles. The summed E-state index contributed by atoms with van der Waals surface area (Å²) >= 11 is 0. The summed E-state index contributed by atoms with van der Waals surface area (Å²) in [6, 6.07) is 7.55. The standard InChI is InChI=1S/C19H24N6O2/c26-25(27)17-3-1-2-16(12-17)23-10-8-22(9-11-23)13-18-20-21-19(14-4-5-14)24(18)15-6-7-15/h1-3,12,14-15H,4-11,13H2. The minimum atomic E-state index is -0.331. The Kier molecular flexibility index (Phi) is 4.07. The summed E-state index contributed by atoms with van der Waals surface area (Å²) in [5.41, 5.74) is 1.08. The van der Waals surface area contributed by atoms with E-state index in [4.69, 9.17) is 0 Å². The van der Waals surface area contributed by atoms with Crippen LogP contribution in [-0.2, 0) is 6.54 Å². The van der Waals surface area contributed by atoms with E-state index < -0.39 is 0 Å². The molecule has 1 aromatic carbocycles. The minimum absolute atomic E-state index is 0.153. The highest BCUT2D eigenvalue weighted by Crippen LogP contribution is 2.44. The van der Waals surface area contributed by atoms with E-state index >= 15 is 0 Å². The topological polar surface area (TPSA) is 80.3 Å². The van der Waals surface area contributed by atoms with Crippen molar-refractivity contribution in [3.8, 4) is 0 Å². The molecule has 5 rings (SSSR count). The molecule has 0 bridgehead atoms. The monoisotopic (exact) mass is 368 g/mol. The van der Waals surface area contributed by atoms with Crippen molar-refractivity contribution in [3.63, 3.8) is 0 Å². The van der Waals surface area contributed by atoms with Gasteiger partial charge in [-0.2, -0.15) is 0 Å². The van der Waals surface area contributed by atoms with Crippen LogP contribution in [0, 0.1) is 10.1 Å². The van der Waals surface area contributed by atoms with Gasteiger partial charge in [-0.25, -0.2) is 0 Å². The van der Waals surface area contributed by atoms with Crippen molar-refractivity contribution in [2.45, 2.75) is 44.2 Å². The molecule has 0 radical (unpaired) electrons. The third kappa shape index (κ3) is 3.41. The van der Waals surface area contributed by atoms with Gasteiger partial charge in [-0.05, 0) is 31.7 Å². The molecule has 3 aliphatic rings. The van der Waals surface area contributed by atoms with Gasteiger partial charge >= 0.3 is 0 Å². The van der Waals surface area contributed by atoms with E-state index in [1.165, 1.54) is 31.5 Å². The second kappa shape index (κ2) is 6.60. The van der Waals surface area contributed by atoms with Gasteiger partial charge in [0.15, 0.2) is 0 Å². The van der Waals surface area contributed by atoms with Gasteiger partial charge in [0, 0.05) is 56.0 Å². The zero-order valence-electron chi connectivity index (χ0n) is 15.3. The van der Waals surface area contributed by atoms with Gasteiger partial charge in [0.1, 0.15) is 11.6 Å². The summed E-state index contributed by atoms with van der Waals surface area (Å²) in [6.07, 6.45) is 5.02. The minimum Gasteiger partial charge on any atom is -0.369 e. The van der Waals surface area contributed by atoms with Gasteiger partial charge in [0.05, 0.1) is 11.5 Å². The van der Waals surface area contributed by atoms with Crippen molar-refractivity contribution in [2.75, 3.05) is 31.1 Å². The molecule has 8 nitrogen and oxygen atoms in total. The predicted molar refractivity (Wildman–Crippen MR) is 101 cm³/mol. The zero-order valence-corrected chi connectivity index (χ0v) is 15.3. The van der Waals surface area contributed by atoms with Crippen LogP contribution in [0.5, 0.6) is 0 Å². The van der Waals surface area contributed by atoms with E-state index in [1.807, 2.05) is 6.07 Å². The van der Waals surface area contributed by atoms with Crippen molar-refractivity contribution >= 4 is 11.4 Å². The molecule has 3 fully saturated rings. The van der Waals surface area contributed by atoms with Crippen LogP contribution in [0.4, 0.5) is 11.4 Å². The maximum absolute atomic E-state index is 11.0. The molecular formula is C19H24N6O2. The highest BCUT2D eigenvalue weighted by Gasteiger charge is 2.36. The Morgan fingerprint density at radius 3 is 2.52 bits per heavy atom. The third-order valence-electron chi connectivity index (χ3n) is 5.79. The fourth-order valence-electron chi connectivity index (χ4n) is 3.96. The average Bonchev–Trinajstić information content (AvgIpc) is 3.61.